The Morgan fingerprint density at radius 3 is 2.53 bits per heavy atom. The molecular weight excluding hydrogens is 448 g/mol. The number of aromatic nitrogens is 1. The van der Waals surface area contributed by atoms with Gasteiger partial charge in [0.25, 0.3) is 10.0 Å². The van der Waals surface area contributed by atoms with Gasteiger partial charge in [-0.15, -0.1) is 11.3 Å². The molecule has 2 N–H and O–H groups in total. The number of sulfonamides is 1. The zero-order valence-electron chi connectivity index (χ0n) is 17.5. The van der Waals surface area contributed by atoms with Crippen molar-refractivity contribution in [1.82, 2.24) is 4.98 Å². The van der Waals surface area contributed by atoms with E-state index in [1.54, 1.807) is 10.3 Å². The molecular formula is C22H22N4O4S2. The van der Waals surface area contributed by atoms with Gasteiger partial charge in [0.05, 0.1) is 10.8 Å². The van der Waals surface area contributed by atoms with Crippen LogP contribution in [0, 0.1) is 19.8 Å². The van der Waals surface area contributed by atoms with Crippen LogP contribution in [0.5, 0.6) is 0 Å². The minimum Gasteiger partial charge on any atom is -0.326 e. The van der Waals surface area contributed by atoms with Crippen LogP contribution in [-0.2, 0) is 19.6 Å². The largest absolute Gasteiger partial charge is 0.326 e. The Balaban J connectivity index is 1.40. The Morgan fingerprint density at radius 1 is 1.12 bits per heavy atom. The third-order valence-corrected chi connectivity index (χ3v) is 7.56. The van der Waals surface area contributed by atoms with E-state index in [1.165, 1.54) is 41.8 Å². The topological polar surface area (TPSA) is 108 Å². The molecule has 1 saturated heterocycles. The van der Waals surface area contributed by atoms with Crippen molar-refractivity contribution in [3.63, 3.8) is 0 Å². The Kier molecular flexibility index (Phi) is 5.98. The second-order valence-electron chi connectivity index (χ2n) is 7.63. The van der Waals surface area contributed by atoms with Gasteiger partial charge in [-0.25, -0.2) is 13.4 Å². The van der Waals surface area contributed by atoms with Crippen molar-refractivity contribution in [1.29, 1.82) is 0 Å². The van der Waals surface area contributed by atoms with E-state index in [9.17, 15) is 18.0 Å². The second-order valence-corrected chi connectivity index (χ2v) is 10.2. The molecule has 2 aromatic carbocycles. The SMILES string of the molecule is Cc1ccc(N2CC(C(=O)Nc3ccc(S(=O)(=O)Nc4nccs4)cc3)CC2=O)cc1C. The summed E-state index contributed by atoms with van der Waals surface area (Å²) in [7, 11) is -3.76. The molecule has 32 heavy (non-hydrogen) atoms. The molecule has 3 aromatic rings. The Bertz CT molecular complexity index is 1260. The standard InChI is InChI=1S/C22H22N4O4S2/c1-14-3-6-18(11-15(14)2)26-13-16(12-20(26)27)21(28)24-17-4-7-19(8-5-17)32(29,30)25-22-23-9-10-31-22/h3-11,16H,12-13H2,1-2H3,(H,23,25)(H,24,28). The van der Waals surface area contributed by atoms with Crippen LogP contribution in [0.1, 0.15) is 17.5 Å². The molecule has 0 spiro atoms. The molecule has 2 heterocycles. The van der Waals surface area contributed by atoms with Gasteiger partial charge in [-0.1, -0.05) is 6.07 Å². The first-order valence-corrected chi connectivity index (χ1v) is 12.3. The highest BCUT2D eigenvalue weighted by molar-refractivity contribution is 7.93. The van der Waals surface area contributed by atoms with Crippen LogP contribution in [0.4, 0.5) is 16.5 Å². The van der Waals surface area contributed by atoms with Crippen LogP contribution in [0.3, 0.4) is 0 Å². The van der Waals surface area contributed by atoms with Crippen molar-refractivity contribution in [2.24, 2.45) is 5.92 Å². The smallest absolute Gasteiger partial charge is 0.263 e. The lowest BCUT2D eigenvalue weighted by Crippen LogP contribution is -2.28. The highest BCUT2D eigenvalue weighted by atomic mass is 32.2. The molecule has 8 nitrogen and oxygen atoms in total. The molecule has 166 valence electrons. The van der Waals surface area contributed by atoms with Crippen LogP contribution in [0.2, 0.25) is 0 Å². The van der Waals surface area contributed by atoms with E-state index in [4.69, 9.17) is 0 Å². The number of hydrogen-bond acceptors (Lipinski definition) is 6. The first kappa shape index (κ1) is 22.0. The van der Waals surface area contributed by atoms with E-state index in [0.29, 0.717) is 12.2 Å². The average Bonchev–Trinajstić information content (AvgIpc) is 3.40. The van der Waals surface area contributed by atoms with E-state index >= 15 is 0 Å². The molecule has 4 rings (SSSR count). The van der Waals surface area contributed by atoms with E-state index < -0.39 is 15.9 Å². The molecule has 0 aliphatic carbocycles. The number of hydrogen-bond donors (Lipinski definition) is 2. The molecule has 1 fully saturated rings. The van der Waals surface area contributed by atoms with Crippen LogP contribution in [0.15, 0.2) is 58.9 Å². The first-order valence-electron chi connectivity index (χ1n) is 9.94. The fourth-order valence-electron chi connectivity index (χ4n) is 3.44. The summed E-state index contributed by atoms with van der Waals surface area (Å²) in [4.78, 5) is 30.8. The normalized spacial score (nSPS) is 16.2. The van der Waals surface area contributed by atoms with Gasteiger partial charge in [0.1, 0.15) is 0 Å². The summed E-state index contributed by atoms with van der Waals surface area (Å²) in [6, 6.07) is 11.7. The monoisotopic (exact) mass is 470 g/mol. The van der Waals surface area contributed by atoms with Crippen LogP contribution < -0.4 is 14.9 Å². The summed E-state index contributed by atoms with van der Waals surface area (Å²) in [6.07, 6.45) is 1.64. The van der Waals surface area contributed by atoms with Gasteiger partial charge in [0.15, 0.2) is 5.13 Å². The van der Waals surface area contributed by atoms with Gasteiger partial charge in [0, 0.05) is 35.9 Å². The number of nitrogens with zero attached hydrogens (tertiary/aromatic N) is 2. The summed E-state index contributed by atoms with van der Waals surface area (Å²) >= 11 is 1.18. The van der Waals surface area contributed by atoms with Gasteiger partial charge in [-0.3, -0.25) is 14.3 Å². The molecule has 1 atom stereocenters. The van der Waals surface area contributed by atoms with Crippen molar-refractivity contribution in [2.45, 2.75) is 25.2 Å². The predicted octanol–water partition coefficient (Wildman–Crippen LogP) is 3.55. The molecule has 0 saturated carbocycles. The lowest BCUT2D eigenvalue weighted by atomic mass is 10.1. The molecule has 1 aliphatic rings. The van der Waals surface area contributed by atoms with Crippen molar-refractivity contribution in [3.8, 4) is 0 Å². The van der Waals surface area contributed by atoms with E-state index in [2.05, 4.69) is 15.0 Å². The minimum atomic E-state index is -3.76. The Morgan fingerprint density at radius 2 is 1.88 bits per heavy atom. The van der Waals surface area contributed by atoms with Gasteiger partial charge in [-0.05, 0) is 61.4 Å². The molecule has 0 bridgehead atoms. The van der Waals surface area contributed by atoms with Crippen molar-refractivity contribution in [3.05, 3.63) is 65.2 Å². The Hall–Kier alpha value is -3.24. The zero-order chi connectivity index (χ0) is 22.9. The van der Waals surface area contributed by atoms with E-state index in [1.807, 2.05) is 32.0 Å². The number of carbonyl (C=O) groups excluding carboxylic acids is 2. The van der Waals surface area contributed by atoms with E-state index in [0.717, 1.165) is 16.8 Å². The summed E-state index contributed by atoms with van der Waals surface area (Å²) in [5.74, 6) is -0.858. The molecule has 0 radical (unpaired) electrons. The number of nitrogens with one attached hydrogen (secondary N) is 2. The first-order chi connectivity index (χ1) is 15.2. The van der Waals surface area contributed by atoms with E-state index in [-0.39, 0.29) is 28.3 Å². The quantitative estimate of drug-likeness (QED) is 0.573. The van der Waals surface area contributed by atoms with Crippen molar-refractivity contribution in [2.75, 3.05) is 21.5 Å². The number of thiazole rings is 1. The highest BCUT2D eigenvalue weighted by Gasteiger charge is 2.35. The number of aryl methyl sites for hydroxylation is 2. The van der Waals surface area contributed by atoms with Gasteiger partial charge in [0.2, 0.25) is 11.8 Å². The number of carbonyl (C=O) groups is 2. The number of amides is 2. The third-order valence-electron chi connectivity index (χ3n) is 5.38. The molecule has 2 amide bonds. The van der Waals surface area contributed by atoms with Crippen LogP contribution in [0.25, 0.3) is 0 Å². The van der Waals surface area contributed by atoms with Gasteiger partial charge >= 0.3 is 0 Å². The van der Waals surface area contributed by atoms with Crippen LogP contribution in [-0.4, -0.2) is 31.8 Å². The number of rotatable bonds is 6. The van der Waals surface area contributed by atoms with Crippen molar-refractivity contribution >= 4 is 49.7 Å². The fourth-order valence-corrected chi connectivity index (χ4v) is 5.22. The van der Waals surface area contributed by atoms with Crippen molar-refractivity contribution < 1.29 is 18.0 Å². The molecule has 10 heteroatoms. The summed E-state index contributed by atoms with van der Waals surface area (Å²) in [5.41, 5.74) is 3.47. The fraction of sp³-hybridized carbons (Fsp3) is 0.227. The Labute approximate surface area is 190 Å². The zero-order valence-corrected chi connectivity index (χ0v) is 19.2. The summed E-state index contributed by atoms with van der Waals surface area (Å²) in [6.45, 7) is 4.30. The maximum atomic E-state index is 12.7. The summed E-state index contributed by atoms with van der Waals surface area (Å²) in [5, 5.41) is 4.73. The second kappa shape index (κ2) is 8.71. The number of anilines is 3. The van der Waals surface area contributed by atoms with Gasteiger partial charge in [-0.2, -0.15) is 0 Å². The van der Waals surface area contributed by atoms with Gasteiger partial charge < -0.3 is 10.2 Å². The predicted molar refractivity (Wildman–Crippen MR) is 124 cm³/mol. The maximum Gasteiger partial charge on any atom is 0.263 e. The lowest BCUT2D eigenvalue weighted by Gasteiger charge is -2.18. The summed E-state index contributed by atoms with van der Waals surface area (Å²) < 4.78 is 27.2. The molecule has 1 unspecified atom stereocenters. The highest BCUT2D eigenvalue weighted by Crippen LogP contribution is 2.28. The molecule has 1 aliphatic heterocycles. The lowest BCUT2D eigenvalue weighted by molar-refractivity contribution is -0.122. The molecule has 1 aromatic heterocycles. The average molecular weight is 471 g/mol. The van der Waals surface area contributed by atoms with Crippen LogP contribution >= 0.6 is 11.3 Å². The maximum absolute atomic E-state index is 12.7. The number of benzene rings is 2. The minimum absolute atomic E-state index is 0.0580. The third kappa shape index (κ3) is 4.66.